The maximum atomic E-state index is 11.2. The van der Waals surface area contributed by atoms with Gasteiger partial charge < -0.3 is 10.4 Å². The summed E-state index contributed by atoms with van der Waals surface area (Å²) in [7, 11) is 0. The number of nitrogens with one attached hydrogen (secondary N) is 1. The molecule has 0 radical (unpaired) electrons. The lowest BCUT2D eigenvalue weighted by Crippen LogP contribution is -2.35. The van der Waals surface area contributed by atoms with E-state index in [1.54, 1.807) is 6.20 Å². The fourth-order valence-electron chi connectivity index (χ4n) is 2.83. The molecule has 1 aromatic heterocycles. The van der Waals surface area contributed by atoms with Crippen LogP contribution in [0.4, 0.5) is 0 Å². The van der Waals surface area contributed by atoms with Crippen molar-refractivity contribution in [2.45, 2.75) is 32.1 Å². The van der Waals surface area contributed by atoms with E-state index in [4.69, 9.17) is 0 Å². The number of rotatable bonds is 6. The Bertz CT molecular complexity index is 394. The Kier molecular flexibility index (Phi) is 5.33. The largest absolute Gasteiger partial charge is 0.481 e. The molecule has 2 unspecified atom stereocenters. The fraction of sp³-hybridized carbons (Fsp3) is 0.600. The lowest BCUT2D eigenvalue weighted by atomic mass is 9.79. The van der Waals surface area contributed by atoms with Crippen molar-refractivity contribution in [3.05, 3.63) is 30.1 Å². The lowest BCUT2D eigenvalue weighted by molar-refractivity contribution is -0.144. The molecule has 1 aromatic rings. The number of hydrogen-bond acceptors (Lipinski definition) is 3. The van der Waals surface area contributed by atoms with E-state index in [0.29, 0.717) is 0 Å². The van der Waals surface area contributed by atoms with Crippen LogP contribution in [0.2, 0.25) is 0 Å². The topological polar surface area (TPSA) is 62.2 Å². The highest BCUT2D eigenvalue weighted by Gasteiger charge is 2.30. The molecule has 0 aliphatic heterocycles. The van der Waals surface area contributed by atoms with Crippen LogP contribution in [-0.4, -0.2) is 29.1 Å². The molecule has 1 saturated carbocycles. The molecule has 0 saturated heterocycles. The van der Waals surface area contributed by atoms with Crippen molar-refractivity contribution in [2.24, 2.45) is 11.8 Å². The van der Waals surface area contributed by atoms with Gasteiger partial charge in [-0.2, -0.15) is 0 Å². The Labute approximate surface area is 114 Å². The molecule has 1 fully saturated rings. The van der Waals surface area contributed by atoms with Gasteiger partial charge in [0.1, 0.15) is 0 Å². The number of carboxylic acids is 1. The van der Waals surface area contributed by atoms with Crippen LogP contribution in [0.5, 0.6) is 0 Å². The number of nitrogens with zero attached hydrogens (tertiary/aromatic N) is 1. The smallest absolute Gasteiger partial charge is 0.306 e. The minimum atomic E-state index is -0.628. The molecule has 2 rings (SSSR count). The maximum absolute atomic E-state index is 11.2. The minimum Gasteiger partial charge on any atom is -0.481 e. The van der Waals surface area contributed by atoms with E-state index in [1.807, 2.05) is 18.2 Å². The maximum Gasteiger partial charge on any atom is 0.306 e. The third-order valence-corrected chi connectivity index (χ3v) is 3.92. The van der Waals surface area contributed by atoms with E-state index >= 15 is 0 Å². The monoisotopic (exact) mass is 262 g/mol. The van der Waals surface area contributed by atoms with Crippen LogP contribution in [0.1, 0.15) is 31.4 Å². The first-order valence-corrected chi connectivity index (χ1v) is 7.11. The second-order valence-corrected chi connectivity index (χ2v) is 5.26. The Morgan fingerprint density at radius 2 is 2.21 bits per heavy atom. The average Bonchev–Trinajstić information content (AvgIpc) is 2.45. The van der Waals surface area contributed by atoms with Crippen LogP contribution < -0.4 is 5.32 Å². The minimum absolute atomic E-state index is 0.156. The van der Waals surface area contributed by atoms with Gasteiger partial charge >= 0.3 is 5.97 Å². The van der Waals surface area contributed by atoms with Gasteiger partial charge in [-0.15, -0.1) is 0 Å². The zero-order valence-electron chi connectivity index (χ0n) is 11.2. The Hall–Kier alpha value is -1.42. The van der Waals surface area contributed by atoms with Gasteiger partial charge in [0.15, 0.2) is 0 Å². The van der Waals surface area contributed by atoms with Gasteiger partial charge in [0, 0.05) is 24.9 Å². The number of aliphatic carboxylic acids is 1. The van der Waals surface area contributed by atoms with E-state index < -0.39 is 5.97 Å². The van der Waals surface area contributed by atoms with Gasteiger partial charge in [0.25, 0.3) is 0 Å². The molecule has 104 valence electrons. The lowest BCUT2D eigenvalue weighted by Gasteiger charge is -2.28. The van der Waals surface area contributed by atoms with E-state index in [0.717, 1.165) is 50.9 Å². The molecule has 0 spiro atoms. The third-order valence-electron chi connectivity index (χ3n) is 3.92. The molecule has 1 aliphatic rings. The summed E-state index contributed by atoms with van der Waals surface area (Å²) in [6.45, 7) is 1.67. The van der Waals surface area contributed by atoms with Gasteiger partial charge in [-0.05, 0) is 37.4 Å². The molecule has 2 N–H and O–H groups in total. The molecular formula is C15H22N2O2. The summed E-state index contributed by atoms with van der Waals surface area (Å²) in [5.41, 5.74) is 1.08. The van der Waals surface area contributed by atoms with Gasteiger partial charge in [-0.1, -0.05) is 18.9 Å². The Morgan fingerprint density at radius 3 is 2.95 bits per heavy atom. The van der Waals surface area contributed by atoms with E-state index in [9.17, 15) is 9.90 Å². The Balaban J connectivity index is 1.71. The summed E-state index contributed by atoms with van der Waals surface area (Å²) in [5, 5.41) is 12.6. The molecule has 0 aromatic carbocycles. The third kappa shape index (κ3) is 4.31. The van der Waals surface area contributed by atoms with E-state index in [-0.39, 0.29) is 11.8 Å². The van der Waals surface area contributed by atoms with E-state index in [1.165, 1.54) is 0 Å². The van der Waals surface area contributed by atoms with Crippen molar-refractivity contribution in [1.82, 2.24) is 10.3 Å². The number of aromatic nitrogens is 1. The van der Waals surface area contributed by atoms with Crippen molar-refractivity contribution < 1.29 is 9.90 Å². The predicted molar refractivity (Wildman–Crippen MR) is 73.9 cm³/mol. The van der Waals surface area contributed by atoms with Gasteiger partial charge in [0.05, 0.1) is 5.92 Å². The Morgan fingerprint density at radius 1 is 1.37 bits per heavy atom. The molecular weight excluding hydrogens is 240 g/mol. The molecule has 1 heterocycles. The summed E-state index contributed by atoms with van der Waals surface area (Å²) < 4.78 is 0. The number of carbonyl (C=O) groups is 1. The summed E-state index contributed by atoms with van der Waals surface area (Å²) in [6.07, 6.45) is 6.79. The zero-order chi connectivity index (χ0) is 13.5. The molecule has 0 amide bonds. The highest BCUT2D eigenvalue weighted by atomic mass is 16.4. The van der Waals surface area contributed by atoms with Crippen LogP contribution in [0.25, 0.3) is 0 Å². The highest BCUT2D eigenvalue weighted by molar-refractivity contribution is 5.70. The predicted octanol–water partition coefficient (Wildman–Crippen LogP) is 2.10. The van der Waals surface area contributed by atoms with Crippen LogP contribution in [0, 0.1) is 11.8 Å². The first-order valence-electron chi connectivity index (χ1n) is 7.11. The van der Waals surface area contributed by atoms with Crippen LogP contribution in [0.15, 0.2) is 24.4 Å². The highest BCUT2D eigenvalue weighted by Crippen LogP contribution is 2.29. The molecule has 4 heteroatoms. The first kappa shape index (κ1) is 14.0. The number of hydrogen-bond donors (Lipinski definition) is 2. The van der Waals surface area contributed by atoms with Crippen LogP contribution in [-0.2, 0) is 11.2 Å². The summed E-state index contributed by atoms with van der Waals surface area (Å²) in [4.78, 5) is 15.5. The molecule has 19 heavy (non-hydrogen) atoms. The van der Waals surface area contributed by atoms with E-state index in [2.05, 4.69) is 10.3 Å². The normalized spacial score (nSPS) is 23.2. The van der Waals surface area contributed by atoms with Crippen molar-refractivity contribution in [1.29, 1.82) is 0 Å². The van der Waals surface area contributed by atoms with Gasteiger partial charge in [-0.25, -0.2) is 0 Å². The number of carboxylic acid groups (broad SMARTS) is 1. The first-order chi connectivity index (χ1) is 9.27. The molecule has 0 bridgehead atoms. The van der Waals surface area contributed by atoms with Gasteiger partial charge in [-0.3, -0.25) is 9.78 Å². The van der Waals surface area contributed by atoms with Crippen molar-refractivity contribution in [2.75, 3.05) is 13.1 Å². The van der Waals surface area contributed by atoms with Gasteiger partial charge in [0.2, 0.25) is 0 Å². The van der Waals surface area contributed by atoms with Crippen molar-refractivity contribution in [3.63, 3.8) is 0 Å². The second-order valence-electron chi connectivity index (χ2n) is 5.26. The summed E-state index contributed by atoms with van der Waals surface area (Å²) in [6, 6.07) is 5.92. The molecule has 2 atom stereocenters. The van der Waals surface area contributed by atoms with Crippen molar-refractivity contribution >= 4 is 5.97 Å². The standard InChI is InChI=1S/C15H22N2O2/c18-15(19)14-7-2-1-5-12(14)11-16-10-8-13-6-3-4-9-17-13/h3-4,6,9,12,14,16H,1-2,5,7-8,10-11H2,(H,18,19). The average molecular weight is 262 g/mol. The number of pyridine rings is 1. The van der Waals surface area contributed by atoms with Crippen LogP contribution in [0.3, 0.4) is 0 Å². The fourth-order valence-corrected chi connectivity index (χ4v) is 2.83. The van der Waals surface area contributed by atoms with Crippen LogP contribution >= 0.6 is 0 Å². The molecule has 1 aliphatic carbocycles. The molecule has 4 nitrogen and oxygen atoms in total. The zero-order valence-corrected chi connectivity index (χ0v) is 11.2. The van der Waals surface area contributed by atoms with Crippen molar-refractivity contribution in [3.8, 4) is 0 Å². The second kappa shape index (κ2) is 7.24. The SMILES string of the molecule is O=C(O)C1CCCCC1CNCCc1ccccn1. The summed E-state index contributed by atoms with van der Waals surface area (Å²) in [5.74, 6) is -0.498. The summed E-state index contributed by atoms with van der Waals surface area (Å²) >= 11 is 0. The quantitative estimate of drug-likeness (QED) is 0.771.